The van der Waals surface area contributed by atoms with E-state index in [2.05, 4.69) is 15.4 Å². The fourth-order valence-corrected chi connectivity index (χ4v) is 3.10. The van der Waals surface area contributed by atoms with E-state index in [-0.39, 0.29) is 18.0 Å². The molecule has 3 rings (SSSR count). The van der Waals surface area contributed by atoms with E-state index in [1.165, 1.54) is 4.57 Å². The maximum absolute atomic E-state index is 12.9. The molecule has 0 unspecified atom stereocenters. The van der Waals surface area contributed by atoms with Crippen LogP contribution < -0.4 is 10.9 Å². The van der Waals surface area contributed by atoms with Crippen molar-refractivity contribution >= 4 is 11.6 Å². The van der Waals surface area contributed by atoms with Crippen molar-refractivity contribution in [1.29, 1.82) is 0 Å². The van der Waals surface area contributed by atoms with Gasteiger partial charge in [0.1, 0.15) is 6.54 Å². The third-order valence-corrected chi connectivity index (χ3v) is 5.00. The largest absolute Gasteiger partial charge is 0.324 e. The van der Waals surface area contributed by atoms with Gasteiger partial charge in [-0.15, -0.1) is 0 Å². The van der Waals surface area contributed by atoms with E-state index in [9.17, 15) is 9.59 Å². The van der Waals surface area contributed by atoms with Crippen LogP contribution in [0, 0.1) is 41.5 Å². The van der Waals surface area contributed by atoms with Gasteiger partial charge in [0.05, 0.1) is 5.69 Å². The van der Waals surface area contributed by atoms with Crippen molar-refractivity contribution in [3.05, 3.63) is 68.4 Å². The Balaban J connectivity index is 2.02. The van der Waals surface area contributed by atoms with Gasteiger partial charge in [0.2, 0.25) is 11.9 Å². The molecule has 0 fully saturated rings. The van der Waals surface area contributed by atoms with Crippen LogP contribution in [0.2, 0.25) is 0 Å². The second kappa shape index (κ2) is 7.42. The monoisotopic (exact) mass is 379 g/mol. The van der Waals surface area contributed by atoms with Gasteiger partial charge >= 0.3 is 0 Å². The fourth-order valence-electron chi connectivity index (χ4n) is 3.10. The van der Waals surface area contributed by atoms with Gasteiger partial charge in [0, 0.05) is 22.6 Å². The number of benzene rings is 1. The zero-order chi connectivity index (χ0) is 20.6. The minimum Gasteiger partial charge on any atom is -0.324 e. The van der Waals surface area contributed by atoms with E-state index in [0.29, 0.717) is 17.2 Å². The number of amides is 1. The summed E-state index contributed by atoms with van der Waals surface area (Å²) >= 11 is 0. The normalized spacial score (nSPS) is 10.9. The lowest BCUT2D eigenvalue weighted by Gasteiger charge is -2.16. The molecular formula is C21H25N5O2. The smallest absolute Gasteiger partial charge is 0.258 e. The molecule has 0 radical (unpaired) electrons. The predicted octanol–water partition coefficient (Wildman–Crippen LogP) is 2.92. The van der Waals surface area contributed by atoms with Crippen LogP contribution in [0.3, 0.4) is 0 Å². The molecule has 28 heavy (non-hydrogen) atoms. The molecule has 7 heteroatoms. The number of anilines is 1. The predicted molar refractivity (Wildman–Crippen MR) is 109 cm³/mol. The van der Waals surface area contributed by atoms with E-state index in [4.69, 9.17) is 0 Å². The highest BCUT2D eigenvalue weighted by Gasteiger charge is 2.18. The van der Waals surface area contributed by atoms with Gasteiger partial charge in [-0.3, -0.25) is 14.2 Å². The number of nitrogens with zero attached hydrogens (tertiary/aromatic N) is 4. The highest BCUT2D eigenvalue weighted by atomic mass is 16.2. The third-order valence-electron chi connectivity index (χ3n) is 5.00. The molecule has 7 nitrogen and oxygen atoms in total. The first-order chi connectivity index (χ1) is 13.2. The Kier molecular flexibility index (Phi) is 5.18. The van der Waals surface area contributed by atoms with Gasteiger partial charge in [-0.2, -0.15) is 5.10 Å². The summed E-state index contributed by atoms with van der Waals surface area (Å²) in [6.45, 7) is 11.1. The maximum atomic E-state index is 12.9. The number of carbonyl (C=O) groups excluding carboxylic acids is 1. The molecule has 0 bridgehead atoms. The lowest BCUT2D eigenvalue weighted by molar-refractivity contribution is -0.116. The number of rotatable bonds is 4. The average Bonchev–Trinajstić information content (AvgIpc) is 2.97. The second-order valence-electron chi connectivity index (χ2n) is 7.15. The summed E-state index contributed by atoms with van der Waals surface area (Å²) in [6, 6.07) is 7.64. The van der Waals surface area contributed by atoms with E-state index in [1.807, 2.05) is 52.0 Å². The topological polar surface area (TPSA) is 81.8 Å². The zero-order valence-corrected chi connectivity index (χ0v) is 17.1. The van der Waals surface area contributed by atoms with Crippen LogP contribution in [0.5, 0.6) is 0 Å². The molecule has 2 heterocycles. The van der Waals surface area contributed by atoms with Gasteiger partial charge in [-0.05, 0) is 64.8 Å². The minimum atomic E-state index is -0.288. The van der Waals surface area contributed by atoms with Crippen LogP contribution in [0.4, 0.5) is 5.69 Å². The van der Waals surface area contributed by atoms with Crippen LogP contribution in [0.15, 0.2) is 29.1 Å². The highest BCUT2D eigenvalue weighted by molar-refractivity contribution is 5.91. The summed E-state index contributed by atoms with van der Waals surface area (Å²) < 4.78 is 2.98. The van der Waals surface area contributed by atoms with Crippen LogP contribution in [-0.4, -0.2) is 25.2 Å². The van der Waals surface area contributed by atoms with Gasteiger partial charge < -0.3 is 5.32 Å². The number of aryl methyl sites for hydroxylation is 4. The Labute approximate surface area is 164 Å². The summed E-state index contributed by atoms with van der Waals surface area (Å²) in [6.07, 6.45) is 0. The van der Waals surface area contributed by atoms with Crippen molar-refractivity contribution < 1.29 is 4.79 Å². The van der Waals surface area contributed by atoms with E-state index >= 15 is 0 Å². The van der Waals surface area contributed by atoms with Crippen LogP contribution in [-0.2, 0) is 11.3 Å². The Morgan fingerprint density at radius 1 is 1.07 bits per heavy atom. The first-order valence-corrected chi connectivity index (χ1v) is 9.16. The van der Waals surface area contributed by atoms with Crippen molar-refractivity contribution in [2.75, 3.05) is 5.32 Å². The van der Waals surface area contributed by atoms with Crippen LogP contribution >= 0.6 is 0 Å². The first-order valence-electron chi connectivity index (χ1n) is 9.16. The zero-order valence-electron chi connectivity index (χ0n) is 17.1. The number of carbonyl (C=O) groups is 1. The standard InChI is InChI=1S/C21H25N5O2/c1-12-8-7-9-18(15(12)4)23-19(27)11-25-20(28)16(5)17(6)22-21(25)26-14(3)10-13(2)24-26/h7-10H,11H2,1-6H3,(H,23,27). The molecule has 0 aliphatic carbocycles. The Hall–Kier alpha value is -3.22. The van der Waals surface area contributed by atoms with Crippen molar-refractivity contribution in [2.24, 2.45) is 0 Å². The van der Waals surface area contributed by atoms with Crippen molar-refractivity contribution in [2.45, 2.75) is 48.1 Å². The summed E-state index contributed by atoms with van der Waals surface area (Å²) in [5, 5.41) is 7.34. The molecule has 0 aliphatic rings. The number of aromatic nitrogens is 4. The SMILES string of the molecule is Cc1cc(C)n(-c2nc(C)c(C)c(=O)n2CC(=O)Nc2cccc(C)c2C)n1. The fraction of sp³-hybridized carbons (Fsp3) is 0.333. The number of nitrogens with one attached hydrogen (secondary N) is 1. The average molecular weight is 379 g/mol. The molecule has 1 aromatic carbocycles. The van der Waals surface area contributed by atoms with Gasteiger partial charge in [0.25, 0.3) is 5.56 Å². The minimum absolute atomic E-state index is 0.145. The molecule has 0 saturated heterocycles. The molecule has 1 N–H and O–H groups in total. The Morgan fingerprint density at radius 2 is 1.79 bits per heavy atom. The quantitative estimate of drug-likeness (QED) is 0.756. The number of hydrogen-bond acceptors (Lipinski definition) is 4. The number of hydrogen-bond donors (Lipinski definition) is 1. The molecular weight excluding hydrogens is 354 g/mol. The molecule has 3 aromatic rings. The lowest BCUT2D eigenvalue weighted by atomic mass is 10.1. The van der Waals surface area contributed by atoms with Crippen molar-refractivity contribution in [3.8, 4) is 5.95 Å². The van der Waals surface area contributed by atoms with E-state index in [1.54, 1.807) is 18.5 Å². The summed E-state index contributed by atoms with van der Waals surface area (Å²) in [4.78, 5) is 30.2. The first kappa shape index (κ1) is 19.5. The highest BCUT2D eigenvalue weighted by Crippen LogP contribution is 2.18. The van der Waals surface area contributed by atoms with Crippen LogP contribution in [0.1, 0.15) is 33.8 Å². The van der Waals surface area contributed by atoms with Gasteiger partial charge in [-0.25, -0.2) is 9.67 Å². The summed E-state index contributed by atoms with van der Waals surface area (Å²) in [5.41, 5.74) is 5.39. The molecule has 0 saturated carbocycles. The molecule has 0 spiro atoms. The molecule has 1 amide bonds. The molecule has 0 aliphatic heterocycles. The second-order valence-corrected chi connectivity index (χ2v) is 7.15. The summed E-state index contributed by atoms with van der Waals surface area (Å²) in [5.74, 6) is 0.0541. The molecule has 2 aromatic heterocycles. The van der Waals surface area contributed by atoms with E-state index in [0.717, 1.165) is 28.2 Å². The lowest BCUT2D eigenvalue weighted by Crippen LogP contribution is -2.34. The van der Waals surface area contributed by atoms with Crippen molar-refractivity contribution in [1.82, 2.24) is 19.3 Å². The maximum Gasteiger partial charge on any atom is 0.258 e. The Bertz CT molecular complexity index is 1120. The van der Waals surface area contributed by atoms with E-state index < -0.39 is 0 Å². The van der Waals surface area contributed by atoms with Gasteiger partial charge in [-0.1, -0.05) is 12.1 Å². The molecule has 146 valence electrons. The van der Waals surface area contributed by atoms with Gasteiger partial charge in [0.15, 0.2) is 0 Å². The van der Waals surface area contributed by atoms with Crippen molar-refractivity contribution in [3.63, 3.8) is 0 Å². The summed E-state index contributed by atoms with van der Waals surface area (Å²) in [7, 11) is 0. The third kappa shape index (κ3) is 3.60. The van der Waals surface area contributed by atoms with Crippen LogP contribution in [0.25, 0.3) is 5.95 Å². The Morgan fingerprint density at radius 3 is 2.43 bits per heavy atom. The molecule has 0 atom stereocenters.